The SMILES string of the molecule is O=C(c1ccccc1)N1C[C@H]2C[C@H](C1)c1cccc(=O)n1C2. The van der Waals surface area contributed by atoms with Crippen molar-refractivity contribution in [1.29, 1.82) is 0 Å². The van der Waals surface area contributed by atoms with E-state index in [0.29, 0.717) is 12.5 Å². The molecule has 0 radical (unpaired) electrons. The average molecular weight is 294 g/mol. The molecule has 3 heterocycles. The smallest absolute Gasteiger partial charge is 0.253 e. The van der Waals surface area contributed by atoms with Crippen molar-refractivity contribution in [2.45, 2.75) is 18.9 Å². The number of benzene rings is 1. The van der Waals surface area contributed by atoms with Gasteiger partial charge in [-0.3, -0.25) is 9.59 Å². The van der Waals surface area contributed by atoms with Crippen LogP contribution in [0.4, 0.5) is 0 Å². The van der Waals surface area contributed by atoms with Crippen LogP contribution in [0.1, 0.15) is 28.4 Å². The van der Waals surface area contributed by atoms with Gasteiger partial charge in [-0.25, -0.2) is 0 Å². The molecule has 2 atom stereocenters. The summed E-state index contributed by atoms with van der Waals surface area (Å²) in [6.45, 7) is 2.17. The number of piperidine rings is 1. The predicted molar refractivity (Wildman–Crippen MR) is 83.9 cm³/mol. The zero-order valence-electron chi connectivity index (χ0n) is 12.3. The molecule has 4 nitrogen and oxygen atoms in total. The molecule has 1 aromatic carbocycles. The number of likely N-dealkylation sites (tertiary alicyclic amines) is 1. The van der Waals surface area contributed by atoms with Crippen molar-refractivity contribution in [1.82, 2.24) is 9.47 Å². The predicted octanol–water partition coefficient (Wildman–Crippen LogP) is 2.11. The van der Waals surface area contributed by atoms with Crippen molar-refractivity contribution < 1.29 is 4.79 Å². The summed E-state index contributed by atoms with van der Waals surface area (Å²) in [5.41, 5.74) is 1.90. The molecule has 0 saturated carbocycles. The van der Waals surface area contributed by atoms with Crippen LogP contribution in [0.25, 0.3) is 0 Å². The molecule has 0 N–H and O–H groups in total. The number of carbonyl (C=O) groups is 1. The third-order valence-corrected chi connectivity index (χ3v) is 4.79. The summed E-state index contributed by atoms with van der Waals surface area (Å²) < 4.78 is 1.89. The second-order valence-electron chi connectivity index (χ2n) is 6.27. The lowest BCUT2D eigenvalue weighted by Gasteiger charge is -2.42. The molecule has 22 heavy (non-hydrogen) atoms. The Morgan fingerprint density at radius 3 is 2.59 bits per heavy atom. The second kappa shape index (κ2) is 5.13. The number of amides is 1. The van der Waals surface area contributed by atoms with Crippen molar-refractivity contribution in [2.75, 3.05) is 13.1 Å². The first kappa shape index (κ1) is 13.3. The second-order valence-corrected chi connectivity index (χ2v) is 6.27. The molecule has 1 aromatic heterocycles. The molecule has 112 valence electrons. The number of carbonyl (C=O) groups excluding carboxylic acids is 1. The molecule has 2 aliphatic heterocycles. The molecule has 0 spiro atoms. The summed E-state index contributed by atoms with van der Waals surface area (Å²) in [4.78, 5) is 26.6. The van der Waals surface area contributed by atoms with Gasteiger partial charge in [0.1, 0.15) is 0 Å². The maximum absolute atomic E-state index is 12.7. The molecule has 4 heteroatoms. The van der Waals surface area contributed by atoms with Gasteiger partial charge in [0.2, 0.25) is 0 Å². The van der Waals surface area contributed by atoms with E-state index in [0.717, 1.165) is 30.8 Å². The van der Waals surface area contributed by atoms with Crippen molar-refractivity contribution in [2.24, 2.45) is 5.92 Å². The minimum Gasteiger partial charge on any atom is -0.338 e. The van der Waals surface area contributed by atoms with Gasteiger partial charge in [-0.1, -0.05) is 24.3 Å². The van der Waals surface area contributed by atoms with Gasteiger partial charge in [0, 0.05) is 42.9 Å². The highest BCUT2D eigenvalue weighted by atomic mass is 16.2. The molecule has 2 aliphatic rings. The van der Waals surface area contributed by atoms with Crippen molar-refractivity contribution in [3.8, 4) is 0 Å². The Balaban J connectivity index is 1.64. The lowest BCUT2D eigenvalue weighted by molar-refractivity contribution is 0.0594. The van der Waals surface area contributed by atoms with E-state index in [4.69, 9.17) is 0 Å². The molecule has 2 aromatic rings. The maximum Gasteiger partial charge on any atom is 0.253 e. The highest BCUT2D eigenvalue weighted by Gasteiger charge is 2.36. The van der Waals surface area contributed by atoms with Gasteiger partial charge < -0.3 is 9.47 Å². The van der Waals surface area contributed by atoms with Crippen LogP contribution in [-0.4, -0.2) is 28.5 Å². The Morgan fingerprint density at radius 1 is 0.955 bits per heavy atom. The van der Waals surface area contributed by atoms with Gasteiger partial charge in [-0.2, -0.15) is 0 Å². The summed E-state index contributed by atoms with van der Waals surface area (Å²) in [5.74, 6) is 0.745. The van der Waals surface area contributed by atoms with Crippen LogP contribution in [0.15, 0.2) is 53.3 Å². The summed E-state index contributed by atoms with van der Waals surface area (Å²) in [6.07, 6.45) is 1.07. The van der Waals surface area contributed by atoms with Gasteiger partial charge in [-0.05, 0) is 30.5 Å². The molecule has 0 aliphatic carbocycles. The standard InChI is InChI=1S/C18H18N2O2/c21-17-8-4-7-16-15-9-13(11-20(16)17)10-19(12-15)18(22)14-5-2-1-3-6-14/h1-8,13,15H,9-12H2/t13-,15-/m1/s1. The Hall–Kier alpha value is -2.36. The average Bonchev–Trinajstić information content (AvgIpc) is 2.56. The zero-order valence-corrected chi connectivity index (χ0v) is 12.3. The van der Waals surface area contributed by atoms with E-state index in [9.17, 15) is 9.59 Å². The minimum atomic E-state index is 0.0787. The molecule has 4 rings (SSSR count). The largest absolute Gasteiger partial charge is 0.338 e. The fraction of sp³-hybridized carbons (Fsp3) is 0.333. The van der Waals surface area contributed by atoms with Gasteiger partial charge in [0.15, 0.2) is 0 Å². The van der Waals surface area contributed by atoms with Crippen LogP contribution >= 0.6 is 0 Å². The molecule has 1 saturated heterocycles. The first-order valence-corrected chi connectivity index (χ1v) is 7.76. The number of rotatable bonds is 1. The van der Waals surface area contributed by atoms with Crippen LogP contribution in [0.3, 0.4) is 0 Å². The van der Waals surface area contributed by atoms with E-state index < -0.39 is 0 Å². The lowest BCUT2D eigenvalue weighted by atomic mass is 9.83. The highest BCUT2D eigenvalue weighted by molar-refractivity contribution is 5.94. The molecular formula is C18H18N2O2. The van der Waals surface area contributed by atoms with Crippen LogP contribution in [-0.2, 0) is 6.54 Å². The van der Waals surface area contributed by atoms with Crippen LogP contribution < -0.4 is 5.56 Å². The topological polar surface area (TPSA) is 42.3 Å². The Labute approximate surface area is 129 Å². The summed E-state index contributed by atoms with van der Waals surface area (Å²) in [6, 6.07) is 14.9. The fourth-order valence-corrected chi connectivity index (χ4v) is 3.83. The monoisotopic (exact) mass is 294 g/mol. The van der Waals surface area contributed by atoms with E-state index in [2.05, 4.69) is 0 Å². The normalized spacial score (nSPS) is 23.0. The Kier molecular flexibility index (Phi) is 3.10. The summed E-state index contributed by atoms with van der Waals surface area (Å²) >= 11 is 0. The van der Waals surface area contributed by atoms with Crippen LogP contribution in [0, 0.1) is 5.92 Å². The first-order valence-electron chi connectivity index (χ1n) is 7.76. The molecule has 2 bridgehead atoms. The number of pyridine rings is 1. The number of hydrogen-bond acceptors (Lipinski definition) is 2. The van der Waals surface area contributed by atoms with E-state index >= 15 is 0 Å². The van der Waals surface area contributed by atoms with Gasteiger partial charge in [-0.15, -0.1) is 0 Å². The molecule has 1 fully saturated rings. The Bertz CT molecular complexity index is 766. The first-order chi connectivity index (χ1) is 10.7. The van der Waals surface area contributed by atoms with Gasteiger partial charge in [0.05, 0.1) is 0 Å². The van der Waals surface area contributed by atoms with Crippen molar-refractivity contribution >= 4 is 5.91 Å². The number of nitrogens with zero attached hydrogens (tertiary/aromatic N) is 2. The molecular weight excluding hydrogens is 276 g/mol. The van der Waals surface area contributed by atoms with E-state index in [-0.39, 0.29) is 17.4 Å². The summed E-state index contributed by atoms with van der Waals surface area (Å²) in [7, 11) is 0. The van der Waals surface area contributed by atoms with E-state index in [1.807, 2.05) is 51.9 Å². The Morgan fingerprint density at radius 2 is 1.77 bits per heavy atom. The lowest BCUT2D eigenvalue weighted by Crippen LogP contribution is -2.49. The number of hydrogen-bond donors (Lipinski definition) is 0. The quantitative estimate of drug-likeness (QED) is 0.808. The number of fused-ring (bicyclic) bond motifs is 4. The van der Waals surface area contributed by atoms with Crippen molar-refractivity contribution in [3.05, 3.63) is 70.1 Å². The van der Waals surface area contributed by atoms with E-state index in [1.54, 1.807) is 6.07 Å². The van der Waals surface area contributed by atoms with Crippen LogP contribution in [0.2, 0.25) is 0 Å². The van der Waals surface area contributed by atoms with Gasteiger partial charge in [0.25, 0.3) is 11.5 Å². The summed E-state index contributed by atoms with van der Waals surface area (Å²) in [5, 5.41) is 0. The van der Waals surface area contributed by atoms with Crippen molar-refractivity contribution in [3.63, 3.8) is 0 Å². The fourth-order valence-electron chi connectivity index (χ4n) is 3.83. The molecule has 1 amide bonds. The van der Waals surface area contributed by atoms with Crippen LogP contribution in [0.5, 0.6) is 0 Å². The van der Waals surface area contributed by atoms with E-state index in [1.165, 1.54) is 0 Å². The maximum atomic E-state index is 12.7. The van der Waals surface area contributed by atoms with Gasteiger partial charge >= 0.3 is 0 Å². The minimum absolute atomic E-state index is 0.0787. The third-order valence-electron chi connectivity index (χ3n) is 4.79. The highest BCUT2D eigenvalue weighted by Crippen LogP contribution is 2.35. The zero-order chi connectivity index (χ0) is 15.1. The molecule has 0 unspecified atom stereocenters. The number of aromatic nitrogens is 1. The third kappa shape index (κ3) is 2.15.